The van der Waals surface area contributed by atoms with E-state index in [1.807, 2.05) is 32.2 Å². The quantitative estimate of drug-likeness (QED) is 0.364. The van der Waals surface area contributed by atoms with Crippen LogP contribution in [0.25, 0.3) is 22.4 Å². The molecular weight excluding hydrogens is 358 g/mol. The maximum absolute atomic E-state index is 10.3. The lowest BCUT2D eigenvalue weighted by molar-refractivity contribution is 0.452. The molecule has 0 bridgehead atoms. The van der Waals surface area contributed by atoms with E-state index in [0.29, 0.717) is 22.3 Å². The Morgan fingerprint density at radius 1 is 1.11 bits per heavy atom. The molecule has 3 aromatic rings. The molecule has 6 heteroatoms. The fraction of sp³-hybridized carbons (Fsp3) is 0.238. The van der Waals surface area contributed by atoms with Gasteiger partial charge in [-0.15, -0.1) is 0 Å². The van der Waals surface area contributed by atoms with Crippen LogP contribution in [0.15, 0.2) is 41.4 Å². The monoisotopic (exact) mass is 381 g/mol. The molecule has 0 atom stereocenters. The van der Waals surface area contributed by atoms with Crippen LogP contribution in [0.2, 0.25) is 0 Å². The van der Waals surface area contributed by atoms with E-state index >= 15 is 0 Å². The van der Waals surface area contributed by atoms with Gasteiger partial charge in [-0.25, -0.2) is 0 Å². The van der Waals surface area contributed by atoms with Gasteiger partial charge in [-0.05, 0) is 49.6 Å². The Labute approximate surface area is 163 Å². The highest BCUT2D eigenvalue weighted by atomic mass is 32.1. The average molecular weight is 382 g/mol. The van der Waals surface area contributed by atoms with E-state index < -0.39 is 0 Å². The molecule has 0 unspecified atom stereocenters. The van der Waals surface area contributed by atoms with Gasteiger partial charge in [0.1, 0.15) is 16.1 Å². The second-order valence-corrected chi connectivity index (χ2v) is 7.17. The van der Waals surface area contributed by atoms with Gasteiger partial charge in [-0.3, -0.25) is 15.2 Å². The Balaban J connectivity index is 2.17. The van der Waals surface area contributed by atoms with Crippen LogP contribution in [-0.4, -0.2) is 32.7 Å². The summed E-state index contributed by atoms with van der Waals surface area (Å²) in [6.45, 7) is 6.16. The molecule has 0 aliphatic carbocycles. The maximum atomic E-state index is 10.3. The van der Waals surface area contributed by atoms with Crippen LogP contribution in [0, 0.1) is 11.6 Å². The van der Waals surface area contributed by atoms with Crippen molar-refractivity contribution in [3.8, 4) is 33.9 Å². The predicted octanol–water partition coefficient (Wildman–Crippen LogP) is 5.15. The smallest absolute Gasteiger partial charge is 0.128 e. The van der Waals surface area contributed by atoms with E-state index in [4.69, 9.17) is 12.2 Å². The summed E-state index contributed by atoms with van der Waals surface area (Å²) in [6.07, 6.45) is 2.63. The Morgan fingerprint density at radius 3 is 2.59 bits per heavy atom. The van der Waals surface area contributed by atoms with Crippen molar-refractivity contribution in [2.24, 2.45) is 4.99 Å². The zero-order valence-electron chi connectivity index (χ0n) is 15.6. The number of hydrogen-bond donors (Lipinski definition) is 4. The average Bonchev–Trinajstić information content (AvgIpc) is 2.97. The van der Waals surface area contributed by atoms with Gasteiger partial charge in [0.05, 0.1) is 5.69 Å². The third-order valence-corrected chi connectivity index (χ3v) is 4.71. The van der Waals surface area contributed by atoms with Crippen molar-refractivity contribution in [2.45, 2.75) is 33.2 Å². The Kier molecular flexibility index (Phi) is 5.46. The molecule has 0 radical (unpaired) electrons. The van der Waals surface area contributed by atoms with Crippen molar-refractivity contribution in [1.82, 2.24) is 10.2 Å². The van der Waals surface area contributed by atoms with E-state index in [2.05, 4.69) is 28.2 Å². The highest BCUT2D eigenvalue weighted by molar-refractivity contribution is 7.71. The van der Waals surface area contributed by atoms with Gasteiger partial charge in [-0.2, -0.15) is 0 Å². The summed E-state index contributed by atoms with van der Waals surface area (Å²) in [6, 6.07) is 10.9. The van der Waals surface area contributed by atoms with Crippen molar-refractivity contribution in [3.05, 3.63) is 52.2 Å². The standard InChI is InChI=1S/C21H23N3O2S/c1-12(2)22-10-9-15-13(3)5-4-6-16(15)19-20(23-24-21(19)27)17-8-7-14(25)11-18(17)26/h4-8,10-12,25-26H,9H2,1-3H3,(H2,23,24,27). The first-order valence-corrected chi connectivity index (χ1v) is 9.22. The lowest BCUT2D eigenvalue weighted by atomic mass is 9.92. The molecule has 4 N–H and O–H groups in total. The molecule has 0 amide bonds. The van der Waals surface area contributed by atoms with Crippen molar-refractivity contribution in [2.75, 3.05) is 0 Å². The van der Waals surface area contributed by atoms with Crippen LogP contribution in [0.1, 0.15) is 25.0 Å². The van der Waals surface area contributed by atoms with Crippen LogP contribution < -0.4 is 0 Å². The van der Waals surface area contributed by atoms with Crippen LogP contribution in [0.3, 0.4) is 0 Å². The van der Waals surface area contributed by atoms with E-state index in [0.717, 1.165) is 22.3 Å². The summed E-state index contributed by atoms with van der Waals surface area (Å²) in [5.41, 5.74) is 5.36. The molecule has 27 heavy (non-hydrogen) atoms. The van der Waals surface area contributed by atoms with Crippen LogP contribution >= 0.6 is 12.2 Å². The fourth-order valence-electron chi connectivity index (χ4n) is 3.11. The van der Waals surface area contributed by atoms with E-state index in [1.165, 1.54) is 12.1 Å². The summed E-state index contributed by atoms with van der Waals surface area (Å²) < 4.78 is 0.560. The van der Waals surface area contributed by atoms with Gasteiger partial charge >= 0.3 is 0 Å². The first kappa shape index (κ1) is 18.9. The molecular formula is C21H23N3O2S. The summed E-state index contributed by atoms with van der Waals surface area (Å²) in [5, 5.41) is 25.9. The number of aromatic hydroxyl groups is 2. The van der Waals surface area contributed by atoms with Crippen molar-refractivity contribution >= 4 is 18.4 Å². The van der Waals surface area contributed by atoms with E-state index in [-0.39, 0.29) is 17.5 Å². The molecule has 0 spiro atoms. The first-order chi connectivity index (χ1) is 12.9. The van der Waals surface area contributed by atoms with Crippen molar-refractivity contribution in [3.63, 3.8) is 0 Å². The van der Waals surface area contributed by atoms with Crippen LogP contribution in [-0.2, 0) is 6.42 Å². The summed E-state index contributed by atoms with van der Waals surface area (Å²) >= 11 is 5.53. The molecule has 1 aromatic heterocycles. The Bertz CT molecular complexity index is 1050. The second kappa shape index (κ2) is 7.80. The topological polar surface area (TPSA) is 84.4 Å². The number of H-pyrrole nitrogens is 2. The van der Waals surface area contributed by atoms with Crippen molar-refractivity contribution in [1.29, 1.82) is 0 Å². The molecule has 0 aliphatic heterocycles. The van der Waals surface area contributed by atoms with E-state index in [9.17, 15) is 10.2 Å². The van der Waals surface area contributed by atoms with Gasteiger partial charge in [0.25, 0.3) is 0 Å². The number of hydrogen-bond acceptors (Lipinski definition) is 4. The van der Waals surface area contributed by atoms with Gasteiger partial charge in [-0.1, -0.05) is 30.4 Å². The fourth-order valence-corrected chi connectivity index (χ4v) is 3.37. The number of nitrogens with one attached hydrogen (secondary N) is 2. The first-order valence-electron chi connectivity index (χ1n) is 8.82. The normalized spacial score (nSPS) is 11.6. The van der Waals surface area contributed by atoms with Crippen molar-refractivity contribution < 1.29 is 10.2 Å². The molecule has 2 aromatic carbocycles. The molecule has 1 heterocycles. The third-order valence-electron chi connectivity index (χ3n) is 4.41. The molecule has 3 rings (SSSR count). The molecule has 0 saturated heterocycles. The summed E-state index contributed by atoms with van der Waals surface area (Å²) in [4.78, 5) is 4.48. The number of aromatic amines is 2. The number of benzene rings is 2. The second-order valence-electron chi connectivity index (χ2n) is 6.76. The largest absolute Gasteiger partial charge is 0.508 e. The summed E-state index contributed by atoms with van der Waals surface area (Å²) in [7, 11) is 0. The predicted molar refractivity (Wildman–Crippen MR) is 112 cm³/mol. The number of phenols is 2. The minimum Gasteiger partial charge on any atom is -0.508 e. The molecule has 0 aliphatic rings. The molecule has 0 saturated carbocycles. The number of aryl methyl sites for hydroxylation is 1. The van der Waals surface area contributed by atoms with Gasteiger partial charge < -0.3 is 10.2 Å². The number of nitrogens with zero attached hydrogens (tertiary/aromatic N) is 1. The summed E-state index contributed by atoms with van der Waals surface area (Å²) in [5.74, 6) is -0.00912. The van der Waals surface area contributed by atoms with E-state index in [1.54, 1.807) is 6.07 Å². The van der Waals surface area contributed by atoms with Crippen LogP contribution in [0.5, 0.6) is 11.5 Å². The molecule has 0 fully saturated rings. The number of aliphatic imine (C=N–C) groups is 1. The third kappa shape index (κ3) is 3.95. The minimum atomic E-state index is -0.0166. The molecule has 5 nitrogen and oxygen atoms in total. The highest BCUT2D eigenvalue weighted by Gasteiger charge is 2.18. The Morgan fingerprint density at radius 2 is 1.89 bits per heavy atom. The number of aromatic nitrogens is 2. The minimum absolute atomic E-state index is 0.00748. The van der Waals surface area contributed by atoms with Gasteiger partial charge in [0, 0.05) is 35.9 Å². The van der Waals surface area contributed by atoms with Gasteiger partial charge in [0.2, 0.25) is 0 Å². The lowest BCUT2D eigenvalue weighted by Gasteiger charge is -2.12. The number of phenolic OH excluding ortho intramolecular Hbond substituents is 2. The number of rotatable bonds is 5. The van der Waals surface area contributed by atoms with Gasteiger partial charge in [0.15, 0.2) is 0 Å². The SMILES string of the molecule is Cc1cccc(-c2c(-c3ccc(O)cc3O)[nH][nH]c2=S)c1CC=NC(C)C. The highest BCUT2D eigenvalue weighted by Crippen LogP contribution is 2.39. The zero-order valence-corrected chi connectivity index (χ0v) is 16.4. The lowest BCUT2D eigenvalue weighted by Crippen LogP contribution is -1.98. The Hall–Kier alpha value is -2.86. The zero-order chi connectivity index (χ0) is 19.6. The maximum Gasteiger partial charge on any atom is 0.128 e. The van der Waals surface area contributed by atoms with Crippen LogP contribution in [0.4, 0.5) is 0 Å². The molecule has 140 valence electrons.